The van der Waals surface area contributed by atoms with Crippen molar-refractivity contribution in [1.82, 2.24) is 9.78 Å². The zero-order valence-corrected chi connectivity index (χ0v) is 7.08. The van der Waals surface area contributed by atoms with Gasteiger partial charge in [-0.2, -0.15) is 10.4 Å². The Morgan fingerprint density at radius 1 is 1.75 bits per heavy atom. The van der Waals surface area contributed by atoms with Crippen LogP contribution in [0.15, 0.2) is 12.3 Å². The van der Waals surface area contributed by atoms with Gasteiger partial charge in [-0.1, -0.05) is 0 Å². The monoisotopic (exact) mass is 167 g/mol. The molecule has 0 spiro atoms. The average molecular weight is 167 g/mol. The number of hydrogen-bond donors (Lipinski definition) is 0. The molecule has 0 unspecified atom stereocenters. The third-order valence-electron chi connectivity index (χ3n) is 1.65. The summed E-state index contributed by atoms with van der Waals surface area (Å²) in [5.41, 5.74) is -0.341. The molecule has 0 amide bonds. The molecule has 4 heteroatoms. The van der Waals surface area contributed by atoms with E-state index in [-0.39, 0.29) is 0 Å². The molecule has 0 saturated carbocycles. The van der Waals surface area contributed by atoms with Crippen molar-refractivity contribution in [3.63, 3.8) is 0 Å². The van der Waals surface area contributed by atoms with E-state index >= 15 is 0 Å². The lowest BCUT2D eigenvalue weighted by Gasteiger charge is -2.20. The van der Waals surface area contributed by atoms with Crippen LogP contribution < -0.4 is 0 Å². The molecule has 0 radical (unpaired) electrons. The Bertz CT molecular complexity index is 308. The first-order chi connectivity index (χ1) is 5.60. The maximum absolute atomic E-state index is 12.4. The Kier molecular flexibility index (Phi) is 2.13. The summed E-state index contributed by atoms with van der Waals surface area (Å²) in [5.74, 6) is 0. The first-order valence-electron chi connectivity index (χ1n) is 3.62. The van der Waals surface area contributed by atoms with E-state index in [0.29, 0.717) is 5.69 Å². The van der Waals surface area contributed by atoms with Crippen LogP contribution in [-0.4, -0.2) is 16.5 Å². The van der Waals surface area contributed by atoms with Crippen molar-refractivity contribution in [2.24, 2.45) is 0 Å². The van der Waals surface area contributed by atoms with Crippen LogP contribution in [0.5, 0.6) is 0 Å². The predicted octanol–water partition coefficient (Wildman–Crippen LogP) is 1.46. The molecule has 1 aromatic heterocycles. The molecule has 0 N–H and O–H groups in total. The molecule has 1 heterocycles. The fourth-order valence-corrected chi connectivity index (χ4v) is 0.782. The lowest BCUT2D eigenvalue weighted by molar-refractivity contribution is 0.236. The van der Waals surface area contributed by atoms with Gasteiger partial charge in [0.15, 0.2) is 5.69 Å². The van der Waals surface area contributed by atoms with Crippen molar-refractivity contribution < 1.29 is 4.39 Å². The Morgan fingerprint density at radius 3 is 2.83 bits per heavy atom. The maximum Gasteiger partial charge on any atom is 0.162 e. The van der Waals surface area contributed by atoms with Crippen molar-refractivity contribution in [3.8, 4) is 6.07 Å². The third kappa shape index (κ3) is 1.45. The standard InChI is InChI=1S/C8H10FN3/c1-8(2,6-9)12-4-3-7(5-10)11-12/h3-4H,6H2,1-2H3. The summed E-state index contributed by atoms with van der Waals surface area (Å²) in [6.07, 6.45) is 1.61. The summed E-state index contributed by atoms with van der Waals surface area (Å²) < 4.78 is 13.9. The zero-order chi connectivity index (χ0) is 9.19. The Balaban J connectivity index is 2.98. The van der Waals surface area contributed by atoms with Crippen molar-refractivity contribution >= 4 is 0 Å². The first-order valence-corrected chi connectivity index (χ1v) is 3.62. The average Bonchev–Trinajstić information content (AvgIpc) is 2.52. The molecule has 1 rings (SSSR count). The number of nitriles is 1. The molecule has 1 aromatic rings. The lowest BCUT2D eigenvalue weighted by Crippen LogP contribution is -2.29. The summed E-state index contributed by atoms with van der Waals surface area (Å²) in [6, 6.07) is 3.46. The van der Waals surface area contributed by atoms with Crippen LogP contribution in [0.2, 0.25) is 0 Å². The summed E-state index contributed by atoms with van der Waals surface area (Å²) >= 11 is 0. The van der Waals surface area contributed by atoms with Gasteiger partial charge in [0.05, 0.1) is 5.54 Å². The van der Waals surface area contributed by atoms with Gasteiger partial charge in [-0.05, 0) is 19.9 Å². The van der Waals surface area contributed by atoms with E-state index in [4.69, 9.17) is 5.26 Å². The van der Waals surface area contributed by atoms with Crippen molar-refractivity contribution in [1.29, 1.82) is 5.26 Å². The van der Waals surface area contributed by atoms with Gasteiger partial charge in [-0.3, -0.25) is 4.68 Å². The lowest BCUT2D eigenvalue weighted by atomic mass is 10.1. The van der Waals surface area contributed by atoms with Gasteiger partial charge in [-0.25, -0.2) is 4.39 Å². The van der Waals surface area contributed by atoms with Gasteiger partial charge in [-0.15, -0.1) is 0 Å². The van der Waals surface area contributed by atoms with Gasteiger partial charge in [0.25, 0.3) is 0 Å². The van der Waals surface area contributed by atoms with Crippen molar-refractivity contribution in [2.45, 2.75) is 19.4 Å². The minimum Gasteiger partial charge on any atom is -0.263 e. The molecule has 0 aliphatic rings. The van der Waals surface area contributed by atoms with Gasteiger partial charge in [0.1, 0.15) is 12.7 Å². The van der Waals surface area contributed by atoms with Crippen LogP contribution in [-0.2, 0) is 5.54 Å². The minimum atomic E-state index is -0.658. The fraction of sp³-hybridized carbons (Fsp3) is 0.500. The topological polar surface area (TPSA) is 41.6 Å². The minimum absolute atomic E-state index is 0.316. The molecular formula is C8H10FN3. The maximum atomic E-state index is 12.4. The fourth-order valence-electron chi connectivity index (χ4n) is 0.782. The quantitative estimate of drug-likeness (QED) is 0.669. The first kappa shape index (κ1) is 8.72. The van der Waals surface area contributed by atoms with Gasteiger partial charge in [0, 0.05) is 6.20 Å². The molecule has 64 valence electrons. The van der Waals surface area contributed by atoms with Gasteiger partial charge >= 0.3 is 0 Å². The van der Waals surface area contributed by atoms with E-state index in [1.807, 2.05) is 6.07 Å². The number of rotatable bonds is 2. The number of halogens is 1. The molecule has 0 saturated heterocycles. The predicted molar refractivity (Wildman–Crippen MR) is 42.2 cm³/mol. The van der Waals surface area contributed by atoms with Gasteiger partial charge < -0.3 is 0 Å². The van der Waals surface area contributed by atoms with E-state index in [1.165, 1.54) is 4.68 Å². The number of hydrogen-bond acceptors (Lipinski definition) is 2. The highest BCUT2D eigenvalue weighted by atomic mass is 19.1. The molecule has 3 nitrogen and oxygen atoms in total. The highest BCUT2D eigenvalue weighted by Crippen LogP contribution is 2.14. The smallest absolute Gasteiger partial charge is 0.162 e. The second-order valence-electron chi connectivity index (χ2n) is 3.20. The molecule has 0 aromatic carbocycles. The van der Waals surface area contributed by atoms with Crippen molar-refractivity contribution in [2.75, 3.05) is 6.67 Å². The molecule has 0 bridgehead atoms. The molecule has 12 heavy (non-hydrogen) atoms. The van der Waals surface area contributed by atoms with Crippen LogP contribution in [0.25, 0.3) is 0 Å². The number of nitrogens with zero attached hydrogens (tertiary/aromatic N) is 3. The highest BCUT2D eigenvalue weighted by molar-refractivity contribution is 5.17. The summed E-state index contributed by atoms with van der Waals surface area (Å²) in [4.78, 5) is 0. The van der Waals surface area contributed by atoms with Crippen LogP contribution >= 0.6 is 0 Å². The van der Waals surface area contributed by atoms with Crippen molar-refractivity contribution in [3.05, 3.63) is 18.0 Å². The molecular weight excluding hydrogens is 157 g/mol. The highest BCUT2D eigenvalue weighted by Gasteiger charge is 2.20. The number of aromatic nitrogens is 2. The van der Waals surface area contributed by atoms with E-state index < -0.39 is 12.2 Å². The SMILES string of the molecule is CC(C)(CF)n1ccc(C#N)n1. The van der Waals surface area contributed by atoms with Crippen LogP contribution in [0, 0.1) is 11.3 Å². The zero-order valence-electron chi connectivity index (χ0n) is 7.08. The largest absolute Gasteiger partial charge is 0.263 e. The molecule has 0 aliphatic heterocycles. The van der Waals surface area contributed by atoms with E-state index in [0.717, 1.165) is 0 Å². The molecule has 0 aliphatic carbocycles. The second-order valence-corrected chi connectivity index (χ2v) is 3.20. The second kappa shape index (κ2) is 2.94. The van der Waals surface area contributed by atoms with E-state index in [1.54, 1.807) is 26.1 Å². The summed E-state index contributed by atoms with van der Waals surface area (Å²) in [5, 5.41) is 12.4. The summed E-state index contributed by atoms with van der Waals surface area (Å²) in [7, 11) is 0. The molecule has 0 fully saturated rings. The van der Waals surface area contributed by atoms with Crippen LogP contribution in [0.1, 0.15) is 19.5 Å². The summed E-state index contributed by atoms with van der Waals surface area (Å²) in [6.45, 7) is 2.95. The van der Waals surface area contributed by atoms with E-state index in [9.17, 15) is 4.39 Å². The Morgan fingerprint density at radius 2 is 2.42 bits per heavy atom. The van der Waals surface area contributed by atoms with E-state index in [2.05, 4.69) is 5.10 Å². The van der Waals surface area contributed by atoms with Crippen LogP contribution in [0.3, 0.4) is 0 Å². The number of alkyl halides is 1. The Labute approximate surface area is 70.4 Å². The van der Waals surface area contributed by atoms with Crippen LogP contribution in [0.4, 0.5) is 4.39 Å². The van der Waals surface area contributed by atoms with Gasteiger partial charge in [0.2, 0.25) is 0 Å². The molecule has 0 atom stereocenters. The normalized spacial score (nSPS) is 11.2. The Hall–Kier alpha value is -1.37. The third-order valence-corrected chi connectivity index (χ3v) is 1.65.